The molecule has 1 aromatic carbocycles. The third kappa shape index (κ3) is 4.32. The van der Waals surface area contributed by atoms with E-state index < -0.39 is 18.9 Å². The van der Waals surface area contributed by atoms with Gasteiger partial charge in [-0.2, -0.15) is 5.10 Å². The molecular formula is C14H16F2N4O2. The summed E-state index contributed by atoms with van der Waals surface area (Å²) in [5.74, 6) is -0.543. The number of nitrogens with zero attached hydrogens (tertiary/aromatic N) is 4. The number of carboxylic acid groups (broad SMARTS) is 1. The highest BCUT2D eigenvalue weighted by Crippen LogP contribution is 2.10. The number of carbonyl (C=O) groups is 1. The molecule has 1 aromatic heterocycles. The van der Waals surface area contributed by atoms with Crippen molar-refractivity contribution in [2.75, 3.05) is 7.05 Å². The minimum Gasteiger partial charge on any atom is -0.478 e. The lowest BCUT2D eigenvalue weighted by atomic mass is 10.1. The maximum absolute atomic E-state index is 12.4. The highest BCUT2D eigenvalue weighted by atomic mass is 19.3. The predicted molar refractivity (Wildman–Crippen MR) is 74.6 cm³/mol. The standard InChI is InChI=1S/C14H16F2N4O2/c1-19(6-10-3-2-4-11(5-10)14(21)22)8-13-17-9-18-20(13)7-12(15)16/h2-5,9,12H,6-8H2,1H3,(H,21,22). The monoisotopic (exact) mass is 310 g/mol. The second-order valence-corrected chi connectivity index (χ2v) is 4.93. The van der Waals surface area contributed by atoms with Crippen molar-refractivity contribution in [2.45, 2.75) is 26.1 Å². The van der Waals surface area contributed by atoms with Crippen molar-refractivity contribution in [1.82, 2.24) is 19.7 Å². The molecule has 0 saturated heterocycles. The summed E-state index contributed by atoms with van der Waals surface area (Å²) in [6, 6.07) is 6.59. The number of halogens is 2. The summed E-state index contributed by atoms with van der Waals surface area (Å²) in [5.41, 5.74) is 1.04. The van der Waals surface area contributed by atoms with Gasteiger partial charge in [-0.25, -0.2) is 23.2 Å². The van der Waals surface area contributed by atoms with E-state index in [1.807, 2.05) is 11.0 Å². The summed E-state index contributed by atoms with van der Waals surface area (Å²) in [7, 11) is 1.80. The van der Waals surface area contributed by atoms with Crippen LogP contribution in [-0.2, 0) is 19.6 Å². The van der Waals surface area contributed by atoms with Gasteiger partial charge in [0, 0.05) is 6.54 Å². The van der Waals surface area contributed by atoms with Gasteiger partial charge in [-0.15, -0.1) is 0 Å². The number of hydrogen-bond donors (Lipinski definition) is 1. The van der Waals surface area contributed by atoms with Crippen molar-refractivity contribution in [2.24, 2.45) is 0 Å². The SMILES string of the molecule is CN(Cc1cccc(C(=O)O)c1)Cc1ncnn1CC(F)F. The number of benzene rings is 1. The summed E-state index contributed by atoms with van der Waals surface area (Å²) in [6.45, 7) is 0.324. The van der Waals surface area contributed by atoms with Crippen LogP contribution in [0.3, 0.4) is 0 Å². The number of carboxylic acids is 1. The molecule has 22 heavy (non-hydrogen) atoms. The molecule has 0 bridgehead atoms. The van der Waals surface area contributed by atoms with Crippen molar-refractivity contribution >= 4 is 5.97 Å². The molecule has 0 unspecified atom stereocenters. The molecule has 0 aliphatic carbocycles. The van der Waals surface area contributed by atoms with Crippen molar-refractivity contribution < 1.29 is 18.7 Å². The Hall–Kier alpha value is -2.35. The van der Waals surface area contributed by atoms with E-state index in [1.54, 1.807) is 19.2 Å². The second-order valence-electron chi connectivity index (χ2n) is 4.93. The third-order valence-corrected chi connectivity index (χ3v) is 3.04. The van der Waals surface area contributed by atoms with Crippen LogP contribution >= 0.6 is 0 Å². The molecule has 0 radical (unpaired) electrons. The molecule has 8 heteroatoms. The summed E-state index contributed by atoms with van der Waals surface area (Å²) in [4.78, 5) is 16.8. The number of hydrogen-bond acceptors (Lipinski definition) is 4. The first kappa shape index (κ1) is 16.0. The second kappa shape index (κ2) is 7.08. The van der Waals surface area contributed by atoms with Crippen LogP contribution in [0, 0.1) is 0 Å². The first-order valence-electron chi connectivity index (χ1n) is 6.61. The molecule has 0 spiro atoms. The maximum Gasteiger partial charge on any atom is 0.335 e. The van der Waals surface area contributed by atoms with Gasteiger partial charge in [0.25, 0.3) is 6.43 Å². The molecule has 0 amide bonds. The summed E-state index contributed by atoms with van der Waals surface area (Å²) in [5, 5.41) is 12.7. The number of alkyl halides is 2. The largest absolute Gasteiger partial charge is 0.478 e. The molecule has 1 N–H and O–H groups in total. The molecule has 2 rings (SSSR count). The van der Waals surface area contributed by atoms with E-state index in [4.69, 9.17) is 5.11 Å². The molecule has 0 aliphatic heterocycles. The zero-order valence-electron chi connectivity index (χ0n) is 12.0. The van der Waals surface area contributed by atoms with Gasteiger partial charge in [-0.1, -0.05) is 12.1 Å². The molecule has 0 aliphatic rings. The van der Waals surface area contributed by atoms with Crippen LogP contribution in [0.1, 0.15) is 21.7 Å². The van der Waals surface area contributed by atoms with Crippen LogP contribution in [-0.4, -0.2) is 44.2 Å². The van der Waals surface area contributed by atoms with Gasteiger partial charge in [-0.3, -0.25) is 4.90 Å². The fraction of sp³-hybridized carbons (Fsp3) is 0.357. The molecule has 2 aromatic rings. The summed E-state index contributed by atoms with van der Waals surface area (Å²) in [6.07, 6.45) is -1.24. The van der Waals surface area contributed by atoms with Crippen LogP contribution in [0.25, 0.3) is 0 Å². The lowest BCUT2D eigenvalue weighted by molar-refractivity contribution is 0.0696. The quantitative estimate of drug-likeness (QED) is 0.845. The average Bonchev–Trinajstić information content (AvgIpc) is 2.85. The Morgan fingerprint density at radius 3 is 2.86 bits per heavy atom. The van der Waals surface area contributed by atoms with Gasteiger partial charge in [0.05, 0.1) is 12.1 Å². The topological polar surface area (TPSA) is 71.2 Å². The van der Waals surface area contributed by atoms with E-state index in [1.165, 1.54) is 17.1 Å². The van der Waals surface area contributed by atoms with Gasteiger partial charge in [0.2, 0.25) is 0 Å². The molecule has 0 atom stereocenters. The van der Waals surface area contributed by atoms with Crippen molar-refractivity contribution in [3.05, 3.63) is 47.5 Å². The Bertz CT molecular complexity index is 645. The first-order valence-corrected chi connectivity index (χ1v) is 6.61. The van der Waals surface area contributed by atoms with Crippen LogP contribution in [0.4, 0.5) is 8.78 Å². The Balaban J connectivity index is 2.01. The van der Waals surface area contributed by atoms with Gasteiger partial charge in [0.1, 0.15) is 18.7 Å². The van der Waals surface area contributed by atoms with E-state index in [0.717, 1.165) is 5.56 Å². The Kier molecular flexibility index (Phi) is 5.16. The van der Waals surface area contributed by atoms with Crippen LogP contribution in [0.15, 0.2) is 30.6 Å². The van der Waals surface area contributed by atoms with E-state index in [0.29, 0.717) is 18.9 Å². The first-order chi connectivity index (χ1) is 10.5. The highest BCUT2D eigenvalue weighted by molar-refractivity contribution is 5.87. The van der Waals surface area contributed by atoms with E-state index >= 15 is 0 Å². The van der Waals surface area contributed by atoms with Crippen LogP contribution < -0.4 is 0 Å². The fourth-order valence-electron chi connectivity index (χ4n) is 2.11. The lowest BCUT2D eigenvalue weighted by Crippen LogP contribution is -2.22. The smallest absolute Gasteiger partial charge is 0.335 e. The van der Waals surface area contributed by atoms with Gasteiger partial charge < -0.3 is 5.11 Å². The zero-order valence-corrected chi connectivity index (χ0v) is 12.0. The molecule has 0 fully saturated rings. The minimum absolute atomic E-state index is 0.215. The molecule has 118 valence electrons. The molecule has 0 saturated carbocycles. The van der Waals surface area contributed by atoms with Crippen LogP contribution in [0.2, 0.25) is 0 Å². The summed E-state index contributed by atoms with van der Waals surface area (Å²) < 4.78 is 26.0. The fourth-order valence-corrected chi connectivity index (χ4v) is 2.11. The van der Waals surface area contributed by atoms with Crippen LogP contribution in [0.5, 0.6) is 0 Å². The molecule has 1 heterocycles. The van der Waals surface area contributed by atoms with E-state index in [9.17, 15) is 13.6 Å². The Morgan fingerprint density at radius 2 is 2.18 bits per heavy atom. The van der Waals surface area contributed by atoms with Crippen molar-refractivity contribution in [1.29, 1.82) is 0 Å². The maximum atomic E-state index is 12.4. The van der Waals surface area contributed by atoms with Gasteiger partial charge >= 0.3 is 5.97 Å². The van der Waals surface area contributed by atoms with Gasteiger partial charge in [-0.05, 0) is 24.7 Å². The van der Waals surface area contributed by atoms with Gasteiger partial charge in [0.15, 0.2) is 0 Å². The number of aromatic carboxylic acids is 1. The molecule has 6 nitrogen and oxygen atoms in total. The zero-order chi connectivity index (χ0) is 16.1. The summed E-state index contributed by atoms with van der Waals surface area (Å²) >= 11 is 0. The minimum atomic E-state index is -2.49. The van der Waals surface area contributed by atoms with E-state index in [-0.39, 0.29) is 5.56 Å². The number of rotatable bonds is 7. The predicted octanol–water partition coefficient (Wildman–Crippen LogP) is 1.87. The van der Waals surface area contributed by atoms with Crippen molar-refractivity contribution in [3.63, 3.8) is 0 Å². The Labute approximate surface area is 126 Å². The number of aromatic nitrogens is 3. The van der Waals surface area contributed by atoms with E-state index in [2.05, 4.69) is 10.1 Å². The highest BCUT2D eigenvalue weighted by Gasteiger charge is 2.12. The third-order valence-electron chi connectivity index (χ3n) is 3.04. The lowest BCUT2D eigenvalue weighted by Gasteiger charge is -2.17. The normalized spacial score (nSPS) is 11.3. The van der Waals surface area contributed by atoms with Crippen molar-refractivity contribution in [3.8, 4) is 0 Å². The molecular weight excluding hydrogens is 294 g/mol. The Morgan fingerprint density at radius 1 is 1.41 bits per heavy atom. The average molecular weight is 310 g/mol.